The van der Waals surface area contributed by atoms with Crippen molar-refractivity contribution < 1.29 is 12.8 Å². The number of nitrogens with one attached hydrogen (secondary N) is 1. The summed E-state index contributed by atoms with van der Waals surface area (Å²) >= 11 is 9.06. The lowest BCUT2D eigenvalue weighted by Crippen LogP contribution is -2.23. The van der Waals surface area contributed by atoms with Gasteiger partial charge in [-0.25, -0.2) is 17.5 Å². The van der Waals surface area contributed by atoms with Crippen molar-refractivity contribution in [1.82, 2.24) is 4.72 Å². The predicted molar refractivity (Wildman–Crippen MR) is 84.0 cm³/mol. The average molecular weight is 394 g/mol. The quantitative estimate of drug-likeness (QED) is 0.783. The third kappa shape index (κ3) is 3.94. The molecule has 2 aromatic carbocycles. The number of sulfonamides is 1. The van der Waals surface area contributed by atoms with Crippen molar-refractivity contribution in [2.75, 3.05) is 5.73 Å². The van der Waals surface area contributed by atoms with E-state index in [2.05, 4.69) is 20.7 Å². The number of nitrogens with two attached hydrogens (primary N) is 1. The van der Waals surface area contributed by atoms with E-state index in [1.807, 2.05) is 0 Å². The van der Waals surface area contributed by atoms with Gasteiger partial charge in [0.15, 0.2) is 0 Å². The van der Waals surface area contributed by atoms with Gasteiger partial charge in [0.1, 0.15) is 10.7 Å². The van der Waals surface area contributed by atoms with E-state index in [0.29, 0.717) is 0 Å². The van der Waals surface area contributed by atoms with Crippen molar-refractivity contribution in [3.63, 3.8) is 0 Å². The van der Waals surface area contributed by atoms with Gasteiger partial charge in [0.2, 0.25) is 10.0 Å². The Balaban J connectivity index is 2.22. The summed E-state index contributed by atoms with van der Waals surface area (Å²) in [6.07, 6.45) is 0. The SMILES string of the molecule is Nc1cc(S(=O)(=O)NCc2ccc(Br)cc2)c(Cl)cc1F. The molecule has 0 aromatic heterocycles. The first-order chi connectivity index (χ1) is 9.79. The smallest absolute Gasteiger partial charge is 0.242 e. The van der Waals surface area contributed by atoms with Crippen molar-refractivity contribution in [1.29, 1.82) is 0 Å². The Kier molecular flexibility index (Phi) is 4.88. The van der Waals surface area contributed by atoms with Crippen LogP contribution >= 0.6 is 27.5 Å². The van der Waals surface area contributed by atoms with Crippen LogP contribution in [0.15, 0.2) is 45.8 Å². The minimum Gasteiger partial charge on any atom is -0.396 e. The van der Waals surface area contributed by atoms with Crippen LogP contribution in [0.1, 0.15) is 5.56 Å². The normalized spacial score (nSPS) is 11.6. The number of hydrogen-bond acceptors (Lipinski definition) is 3. The molecule has 0 amide bonds. The lowest BCUT2D eigenvalue weighted by Gasteiger charge is -2.10. The molecule has 0 fully saturated rings. The van der Waals surface area contributed by atoms with Gasteiger partial charge >= 0.3 is 0 Å². The first kappa shape index (κ1) is 16.2. The third-order valence-electron chi connectivity index (χ3n) is 2.72. The molecule has 3 N–H and O–H groups in total. The molecule has 2 aromatic rings. The summed E-state index contributed by atoms with van der Waals surface area (Å²) in [5, 5.41) is -0.218. The van der Waals surface area contributed by atoms with Gasteiger partial charge in [-0.2, -0.15) is 0 Å². The topological polar surface area (TPSA) is 72.2 Å². The Labute approximate surface area is 135 Å². The van der Waals surface area contributed by atoms with Gasteiger partial charge in [0, 0.05) is 11.0 Å². The highest BCUT2D eigenvalue weighted by Crippen LogP contribution is 2.26. The van der Waals surface area contributed by atoms with Gasteiger partial charge in [-0.05, 0) is 29.8 Å². The molecule has 0 aliphatic rings. The molecule has 21 heavy (non-hydrogen) atoms. The van der Waals surface area contributed by atoms with Gasteiger partial charge in [-0.1, -0.05) is 39.7 Å². The summed E-state index contributed by atoms with van der Waals surface area (Å²) in [5.74, 6) is -0.758. The molecule has 0 heterocycles. The molecule has 4 nitrogen and oxygen atoms in total. The molecule has 0 unspecified atom stereocenters. The standard InChI is InChI=1S/C13H11BrClFN2O2S/c14-9-3-1-8(2-4-9)7-18-21(19,20)13-6-12(17)11(16)5-10(13)15/h1-6,18H,7,17H2. The van der Waals surface area contributed by atoms with Gasteiger partial charge in [-0.3, -0.25) is 0 Å². The van der Waals surface area contributed by atoms with Crippen LogP contribution in [-0.4, -0.2) is 8.42 Å². The number of benzene rings is 2. The molecule has 0 bridgehead atoms. The second kappa shape index (κ2) is 6.31. The first-order valence-corrected chi connectivity index (χ1v) is 8.43. The van der Waals surface area contributed by atoms with Crippen LogP contribution < -0.4 is 10.5 Å². The predicted octanol–water partition coefficient (Wildman–Crippen LogP) is 3.30. The van der Waals surface area contributed by atoms with Gasteiger partial charge in [0.25, 0.3) is 0 Å². The van der Waals surface area contributed by atoms with Crippen LogP contribution in [0, 0.1) is 5.82 Å². The molecule has 8 heteroatoms. The maximum Gasteiger partial charge on any atom is 0.242 e. The average Bonchev–Trinajstić information content (AvgIpc) is 2.42. The largest absolute Gasteiger partial charge is 0.396 e. The van der Waals surface area contributed by atoms with Crippen molar-refractivity contribution in [3.05, 3.63) is 57.3 Å². The molecule has 0 aliphatic heterocycles. The highest BCUT2D eigenvalue weighted by molar-refractivity contribution is 9.10. The molecule has 0 saturated heterocycles. The summed E-state index contributed by atoms with van der Waals surface area (Å²) in [6.45, 7) is 0.0865. The Hall–Kier alpha value is -1.15. The lowest BCUT2D eigenvalue weighted by molar-refractivity contribution is 0.580. The molecule has 2 rings (SSSR count). The molecule has 0 saturated carbocycles. The first-order valence-electron chi connectivity index (χ1n) is 5.78. The van der Waals surface area contributed by atoms with Crippen LogP contribution in [0.3, 0.4) is 0 Å². The fourth-order valence-corrected chi connectivity index (χ4v) is 3.44. The number of nitrogen functional groups attached to an aromatic ring is 1. The number of halogens is 3. The van der Waals surface area contributed by atoms with Gasteiger partial charge < -0.3 is 5.73 Å². The Morgan fingerprint density at radius 2 is 1.86 bits per heavy atom. The fourth-order valence-electron chi connectivity index (χ4n) is 1.61. The van der Waals surface area contributed by atoms with Crippen molar-refractivity contribution in [3.8, 4) is 0 Å². The summed E-state index contributed by atoms with van der Waals surface area (Å²) in [6, 6.07) is 9.02. The number of anilines is 1. The second-order valence-electron chi connectivity index (χ2n) is 4.26. The van der Waals surface area contributed by atoms with Crippen molar-refractivity contribution in [2.45, 2.75) is 11.4 Å². The van der Waals surface area contributed by atoms with E-state index in [0.717, 1.165) is 22.2 Å². The second-order valence-corrected chi connectivity index (χ2v) is 7.31. The Bertz CT molecular complexity index is 766. The maximum atomic E-state index is 13.2. The third-order valence-corrected chi connectivity index (χ3v) is 5.11. The zero-order chi connectivity index (χ0) is 15.6. The highest BCUT2D eigenvalue weighted by atomic mass is 79.9. The van der Waals surface area contributed by atoms with Crippen molar-refractivity contribution in [2.24, 2.45) is 0 Å². The summed E-state index contributed by atoms with van der Waals surface area (Å²) in [4.78, 5) is -0.250. The van der Waals surface area contributed by atoms with E-state index < -0.39 is 15.8 Å². The van der Waals surface area contributed by atoms with Crippen LogP contribution in [0.25, 0.3) is 0 Å². The van der Waals surface area contributed by atoms with E-state index in [1.165, 1.54) is 0 Å². The zero-order valence-corrected chi connectivity index (χ0v) is 13.8. The molecule has 0 aliphatic carbocycles. The summed E-state index contributed by atoms with van der Waals surface area (Å²) in [7, 11) is -3.88. The summed E-state index contributed by atoms with van der Waals surface area (Å²) < 4.78 is 40.8. The minimum absolute atomic E-state index is 0.0865. The van der Waals surface area contributed by atoms with Gasteiger partial charge in [0.05, 0.1) is 10.7 Å². The number of hydrogen-bond donors (Lipinski definition) is 2. The van der Waals surface area contributed by atoms with E-state index in [4.69, 9.17) is 17.3 Å². The van der Waals surface area contributed by atoms with E-state index in [-0.39, 0.29) is 22.2 Å². The Morgan fingerprint density at radius 1 is 1.24 bits per heavy atom. The molecule has 0 spiro atoms. The van der Waals surface area contributed by atoms with Crippen LogP contribution in [0.2, 0.25) is 5.02 Å². The minimum atomic E-state index is -3.88. The number of rotatable bonds is 4. The lowest BCUT2D eigenvalue weighted by atomic mass is 10.2. The fraction of sp³-hybridized carbons (Fsp3) is 0.0769. The van der Waals surface area contributed by atoms with E-state index in [1.54, 1.807) is 24.3 Å². The molecule has 0 radical (unpaired) electrons. The van der Waals surface area contributed by atoms with E-state index >= 15 is 0 Å². The molecular formula is C13H11BrClFN2O2S. The Morgan fingerprint density at radius 3 is 2.48 bits per heavy atom. The highest BCUT2D eigenvalue weighted by Gasteiger charge is 2.19. The van der Waals surface area contributed by atoms with Crippen LogP contribution in [0.5, 0.6) is 0 Å². The van der Waals surface area contributed by atoms with Gasteiger partial charge in [-0.15, -0.1) is 0 Å². The van der Waals surface area contributed by atoms with Crippen LogP contribution in [0.4, 0.5) is 10.1 Å². The molecule has 0 atom stereocenters. The molecule has 112 valence electrons. The summed E-state index contributed by atoms with van der Waals surface area (Å²) in [5.41, 5.74) is 5.88. The zero-order valence-electron chi connectivity index (χ0n) is 10.6. The maximum absolute atomic E-state index is 13.2. The monoisotopic (exact) mass is 392 g/mol. The van der Waals surface area contributed by atoms with Crippen LogP contribution in [-0.2, 0) is 16.6 Å². The molecular weight excluding hydrogens is 383 g/mol. The van der Waals surface area contributed by atoms with E-state index in [9.17, 15) is 12.8 Å². The van der Waals surface area contributed by atoms with Crippen molar-refractivity contribution >= 4 is 43.2 Å².